The van der Waals surface area contributed by atoms with Gasteiger partial charge in [-0.25, -0.2) is 13.4 Å². The highest BCUT2D eigenvalue weighted by Gasteiger charge is 2.52. The van der Waals surface area contributed by atoms with Crippen LogP contribution in [0.25, 0.3) is 0 Å². The van der Waals surface area contributed by atoms with Gasteiger partial charge in [0.25, 0.3) is 10.0 Å². The number of fused-ring (bicyclic) bond motifs is 1. The van der Waals surface area contributed by atoms with Gasteiger partial charge >= 0.3 is 0 Å². The number of hydrogen-bond donors (Lipinski definition) is 0. The van der Waals surface area contributed by atoms with Crippen LogP contribution in [0.5, 0.6) is 0 Å². The van der Waals surface area contributed by atoms with E-state index in [1.165, 1.54) is 6.20 Å². The van der Waals surface area contributed by atoms with E-state index >= 15 is 0 Å². The van der Waals surface area contributed by atoms with E-state index in [1.807, 2.05) is 31.2 Å². The molecule has 48 heavy (non-hydrogen) atoms. The van der Waals surface area contributed by atoms with Crippen molar-refractivity contribution in [3.8, 4) is 0 Å². The quantitative estimate of drug-likeness (QED) is 0.122. The van der Waals surface area contributed by atoms with Gasteiger partial charge in [0.15, 0.2) is 5.03 Å². The number of halogens is 1. The van der Waals surface area contributed by atoms with Crippen LogP contribution in [0.4, 0.5) is 0 Å². The fourth-order valence-corrected chi connectivity index (χ4v) is 9.16. The minimum atomic E-state index is -3.79. The Labute approximate surface area is 291 Å². The van der Waals surface area contributed by atoms with Crippen LogP contribution in [0, 0.1) is 6.92 Å². The van der Waals surface area contributed by atoms with E-state index in [9.17, 15) is 8.42 Å². The molecular weight excluding hydrogens is 684 g/mol. The molecule has 5 aromatic rings. The summed E-state index contributed by atoms with van der Waals surface area (Å²) in [5, 5.41) is 0.207. The van der Waals surface area contributed by atoms with Crippen molar-refractivity contribution in [1.82, 2.24) is 18.8 Å². The lowest BCUT2D eigenvalue weighted by Gasteiger charge is -2.57. The summed E-state index contributed by atoms with van der Waals surface area (Å²) >= 11 is 3.61. The van der Waals surface area contributed by atoms with Crippen molar-refractivity contribution in [2.45, 2.75) is 35.6 Å². The third kappa shape index (κ3) is 5.88. The van der Waals surface area contributed by atoms with Gasteiger partial charge < -0.3 is 9.30 Å². The van der Waals surface area contributed by atoms with Gasteiger partial charge in [-0.2, -0.15) is 4.31 Å². The first-order valence-electron chi connectivity index (χ1n) is 16.3. The molecule has 7 rings (SSSR count). The second-order valence-electron chi connectivity index (χ2n) is 12.5. The van der Waals surface area contributed by atoms with Gasteiger partial charge in [0.05, 0.1) is 12.8 Å². The van der Waals surface area contributed by atoms with Crippen molar-refractivity contribution >= 4 is 26.0 Å². The average Bonchev–Trinajstić information content (AvgIpc) is 3.45. The molecule has 0 bridgehead atoms. The summed E-state index contributed by atoms with van der Waals surface area (Å²) < 4.78 is 39.7. The summed E-state index contributed by atoms with van der Waals surface area (Å²) in [6, 6.07) is 39.7. The van der Waals surface area contributed by atoms with Crippen LogP contribution in [-0.2, 0) is 27.4 Å². The number of sulfonamides is 1. The van der Waals surface area contributed by atoms with Crippen molar-refractivity contribution in [2.24, 2.45) is 7.05 Å². The maximum absolute atomic E-state index is 14.0. The molecule has 0 N–H and O–H groups in total. The molecule has 1 fully saturated rings. The zero-order valence-corrected chi connectivity index (χ0v) is 29.5. The summed E-state index contributed by atoms with van der Waals surface area (Å²) in [7, 11) is -2.04. The zero-order chi connectivity index (χ0) is 33.3. The fraction of sp³-hybridized carbons (Fsp3) is 0.256. The first-order valence-corrected chi connectivity index (χ1v) is 18.5. The molecule has 0 saturated carbocycles. The molecule has 1 saturated heterocycles. The molecular formula is C39H39BrN4O3S. The Kier molecular flexibility index (Phi) is 9.24. The van der Waals surface area contributed by atoms with Gasteiger partial charge in [0.1, 0.15) is 11.4 Å². The first-order chi connectivity index (χ1) is 23.3. The summed E-state index contributed by atoms with van der Waals surface area (Å²) in [6.45, 7) is 3.62. The van der Waals surface area contributed by atoms with Gasteiger partial charge in [0, 0.05) is 49.2 Å². The van der Waals surface area contributed by atoms with Gasteiger partial charge in [-0.15, -0.1) is 0 Å². The van der Waals surface area contributed by atoms with E-state index in [-0.39, 0.29) is 23.0 Å². The lowest BCUT2D eigenvalue weighted by Crippen LogP contribution is -2.68. The highest BCUT2D eigenvalue weighted by atomic mass is 79.9. The first kappa shape index (κ1) is 32.7. The lowest BCUT2D eigenvalue weighted by molar-refractivity contribution is -0.0921. The molecule has 0 aliphatic carbocycles. The predicted octanol–water partition coefficient (Wildman–Crippen LogP) is 6.90. The van der Waals surface area contributed by atoms with E-state index in [2.05, 4.69) is 129 Å². The normalized spacial score (nSPS) is 21.1. The number of nitrogens with zero attached hydrogens (tertiary/aromatic N) is 4. The number of ether oxygens (including phenoxy) is 1. The second kappa shape index (κ2) is 13.6. The van der Waals surface area contributed by atoms with Gasteiger partial charge in [-0.1, -0.05) is 131 Å². The summed E-state index contributed by atoms with van der Waals surface area (Å²) in [6.07, 6.45) is 5.52. The summed E-state index contributed by atoms with van der Waals surface area (Å²) in [5.41, 5.74) is 3.46. The van der Waals surface area contributed by atoms with E-state index < -0.39 is 15.6 Å². The van der Waals surface area contributed by atoms with Crippen molar-refractivity contribution in [3.05, 3.63) is 166 Å². The molecule has 2 aliphatic rings. The third-order valence-corrected chi connectivity index (χ3v) is 12.3. The second-order valence-corrected chi connectivity index (χ2v) is 15.3. The highest BCUT2D eigenvalue weighted by molar-refractivity contribution is 9.10. The van der Waals surface area contributed by atoms with Gasteiger partial charge in [-0.05, 0) is 41.3 Å². The van der Waals surface area contributed by atoms with Crippen molar-refractivity contribution < 1.29 is 13.2 Å². The standard InChI is InChI=1S/C39H39BrN4O3S/c1-29-41-26-37(42(29)2)48(45,46)43-24-12-13-25-44-35(27-43)38(30-20-22-34(40)23-21-30)36(44)28-47-39(31-14-6-3-7-15-31,32-16-8-4-9-17-32)33-18-10-5-11-19-33/h3-23,26,35-36,38H,24-25,27-28H2,1-2H3/b13-12-/t35?,36-,38+/m1/s1. The highest BCUT2D eigenvalue weighted by Crippen LogP contribution is 2.46. The lowest BCUT2D eigenvalue weighted by atomic mass is 9.74. The van der Waals surface area contributed by atoms with Crippen molar-refractivity contribution in [1.29, 1.82) is 0 Å². The van der Waals surface area contributed by atoms with E-state index in [4.69, 9.17) is 4.74 Å². The predicted molar refractivity (Wildman–Crippen MR) is 192 cm³/mol. The number of benzene rings is 4. The number of aryl methyl sites for hydroxylation is 1. The van der Waals surface area contributed by atoms with Crippen LogP contribution >= 0.6 is 15.9 Å². The molecule has 1 aromatic heterocycles. The molecule has 0 radical (unpaired) electrons. The Morgan fingerprint density at radius 1 is 0.812 bits per heavy atom. The van der Waals surface area contributed by atoms with Crippen molar-refractivity contribution in [2.75, 3.05) is 26.2 Å². The van der Waals surface area contributed by atoms with Crippen LogP contribution in [0.1, 0.15) is 34.0 Å². The van der Waals surface area contributed by atoms with E-state index in [0.29, 0.717) is 32.1 Å². The molecule has 7 nitrogen and oxygen atoms in total. The Bertz CT molecular complexity index is 1890. The summed E-state index contributed by atoms with van der Waals surface area (Å²) in [4.78, 5) is 6.69. The smallest absolute Gasteiger partial charge is 0.260 e. The SMILES string of the molecule is Cc1ncc(S(=O)(=O)N2C/C=C\CN3C(C2)[C@H](c2ccc(Br)cc2)[C@H]3COC(c2ccccc2)(c2ccccc2)c2ccccc2)n1C. The zero-order valence-electron chi connectivity index (χ0n) is 27.1. The minimum Gasteiger partial charge on any atom is -0.359 e. The Morgan fingerprint density at radius 3 is 1.88 bits per heavy atom. The Morgan fingerprint density at radius 2 is 1.35 bits per heavy atom. The summed E-state index contributed by atoms with van der Waals surface area (Å²) in [5.74, 6) is 0.695. The van der Waals surface area contributed by atoms with E-state index in [1.54, 1.807) is 15.9 Å². The molecule has 4 aromatic carbocycles. The molecule has 0 spiro atoms. The maximum atomic E-state index is 14.0. The Balaban J connectivity index is 1.28. The minimum absolute atomic E-state index is 0.00191. The average molecular weight is 724 g/mol. The molecule has 3 atom stereocenters. The van der Waals surface area contributed by atoms with Crippen LogP contribution < -0.4 is 0 Å². The molecule has 0 amide bonds. The van der Waals surface area contributed by atoms with Crippen LogP contribution in [-0.4, -0.2) is 65.5 Å². The fourth-order valence-electron chi connectivity index (χ4n) is 7.33. The number of aromatic nitrogens is 2. The van der Waals surface area contributed by atoms with Crippen LogP contribution in [0.3, 0.4) is 0 Å². The van der Waals surface area contributed by atoms with Gasteiger partial charge in [0.2, 0.25) is 0 Å². The monoisotopic (exact) mass is 722 g/mol. The molecule has 1 unspecified atom stereocenters. The molecule has 2 aliphatic heterocycles. The topological polar surface area (TPSA) is 67.7 Å². The number of hydrogen-bond acceptors (Lipinski definition) is 5. The Hall–Kier alpha value is -3.86. The van der Waals surface area contributed by atoms with E-state index in [0.717, 1.165) is 26.7 Å². The number of imidazole rings is 1. The third-order valence-electron chi connectivity index (χ3n) is 9.91. The molecule has 3 heterocycles. The van der Waals surface area contributed by atoms with Crippen LogP contribution in [0.2, 0.25) is 0 Å². The largest absolute Gasteiger partial charge is 0.359 e. The van der Waals surface area contributed by atoms with Gasteiger partial charge in [-0.3, -0.25) is 4.90 Å². The maximum Gasteiger partial charge on any atom is 0.260 e. The molecule has 9 heteroatoms. The van der Waals surface area contributed by atoms with Crippen molar-refractivity contribution in [3.63, 3.8) is 0 Å². The molecule has 246 valence electrons. The van der Waals surface area contributed by atoms with Crippen LogP contribution in [0.15, 0.2) is 143 Å². The number of rotatable bonds is 9.